The SMILES string of the molecule is Cc1ccc2oc(-c3ccc(C(=O)N4CCc5c(noc5-c5ccc(Cl)cc5)C4)cc3)cc(=O)c2c1. The lowest BCUT2D eigenvalue weighted by Gasteiger charge is -2.26. The van der Waals surface area contributed by atoms with Crippen molar-refractivity contribution in [2.24, 2.45) is 0 Å². The summed E-state index contributed by atoms with van der Waals surface area (Å²) in [6.45, 7) is 2.88. The third kappa shape index (κ3) is 3.99. The Hall–Kier alpha value is -4.16. The van der Waals surface area contributed by atoms with Crippen molar-refractivity contribution < 1.29 is 13.7 Å². The standard InChI is InChI=1S/C29H21ClN2O4/c1-17-2-11-26-23(14-17)25(33)15-27(35-26)18-3-5-20(6-4-18)29(34)32-13-12-22-24(16-32)31-36-28(22)19-7-9-21(30)10-8-19/h2-11,14-15H,12-13,16H2,1H3. The van der Waals surface area contributed by atoms with Gasteiger partial charge in [-0.25, -0.2) is 0 Å². The smallest absolute Gasteiger partial charge is 0.254 e. The predicted molar refractivity (Wildman–Crippen MR) is 138 cm³/mol. The summed E-state index contributed by atoms with van der Waals surface area (Å²) in [6, 6.07) is 21.6. The first-order chi connectivity index (χ1) is 17.5. The van der Waals surface area contributed by atoms with E-state index < -0.39 is 0 Å². The topological polar surface area (TPSA) is 76.6 Å². The van der Waals surface area contributed by atoms with Gasteiger partial charge in [0, 0.05) is 39.9 Å². The second kappa shape index (κ2) is 8.81. The number of carbonyl (C=O) groups excluding carboxylic acids is 1. The minimum Gasteiger partial charge on any atom is -0.456 e. The number of halogens is 1. The van der Waals surface area contributed by atoms with Crippen molar-refractivity contribution in [2.75, 3.05) is 6.54 Å². The van der Waals surface area contributed by atoms with Crippen LogP contribution in [0.25, 0.3) is 33.6 Å². The molecule has 0 bridgehead atoms. The Balaban J connectivity index is 1.22. The molecular weight excluding hydrogens is 476 g/mol. The van der Waals surface area contributed by atoms with Gasteiger partial charge in [0.05, 0.1) is 11.9 Å². The van der Waals surface area contributed by atoms with Gasteiger partial charge in [-0.15, -0.1) is 0 Å². The van der Waals surface area contributed by atoms with Crippen LogP contribution in [0.3, 0.4) is 0 Å². The van der Waals surface area contributed by atoms with Crippen LogP contribution >= 0.6 is 11.6 Å². The van der Waals surface area contributed by atoms with Crippen LogP contribution in [0.4, 0.5) is 0 Å². The summed E-state index contributed by atoms with van der Waals surface area (Å²) in [4.78, 5) is 27.6. The van der Waals surface area contributed by atoms with Crippen molar-refractivity contribution >= 4 is 28.5 Å². The summed E-state index contributed by atoms with van der Waals surface area (Å²) in [5.74, 6) is 1.11. The Bertz CT molecular complexity index is 1670. The number of aryl methyl sites for hydroxylation is 1. The van der Waals surface area contributed by atoms with E-state index in [4.69, 9.17) is 20.5 Å². The molecule has 0 fully saturated rings. The normalized spacial score (nSPS) is 13.1. The number of hydrogen-bond acceptors (Lipinski definition) is 5. The Morgan fingerprint density at radius 1 is 0.972 bits per heavy atom. The molecule has 0 saturated heterocycles. The predicted octanol–water partition coefficient (Wildman–Crippen LogP) is 6.28. The summed E-state index contributed by atoms with van der Waals surface area (Å²) in [5, 5.41) is 5.45. The van der Waals surface area contributed by atoms with Gasteiger partial charge in [0.15, 0.2) is 11.2 Å². The molecule has 3 aromatic carbocycles. The van der Waals surface area contributed by atoms with Crippen LogP contribution in [0.15, 0.2) is 86.5 Å². The molecule has 3 heterocycles. The van der Waals surface area contributed by atoms with Crippen molar-refractivity contribution in [2.45, 2.75) is 19.9 Å². The van der Waals surface area contributed by atoms with Crippen molar-refractivity contribution in [3.8, 4) is 22.6 Å². The van der Waals surface area contributed by atoms with Gasteiger partial charge in [0.1, 0.15) is 17.0 Å². The monoisotopic (exact) mass is 496 g/mol. The molecule has 5 aromatic rings. The summed E-state index contributed by atoms with van der Waals surface area (Å²) in [5.41, 5.74) is 5.45. The largest absolute Gasteiger partial charge is 0.456 e. The third-order valence-electron chi connectivity index (χ3n) is 6.53. The molecule has 0 spiro atoms. The number of benzene rings is 3. The van der Waals surface area contributed by atoms with E-state index in [-0.39, 0.29) is 11.3 Å². The number of nitrogens with zero attached hydrogens (tertiary/aromatic N) is 2. The Labute approximate surface area is 211 Å². The van der Waals surface area contributed by atoms with Crippen LogP contribution in [0, 0.1) is 6.92 Å². The molecule has 178 valence electrons. The summed E-state index contributed by atoms with van der Waals surface area (Å²) in [7, 11) is 0. The van der Waals surface area contributed by atoms with Gasteiger partial charge in [-0.05, 0) is 61.9 Å². The average molecular weight is 497 g/mol. The molecular formula is C29H21ClN2O4. The minimum absolute atomic E-state index is 0.0846. The highest BCUT2D eigenvalue weighted by atomic mass is 35.5. The van der Waals surface area contributed by atoms with Crippen molar-refractivity contribution in [1.29, 1.82) is 0 Å². The van der Waals surface area contributed by atoms with Crippen LogP contribution < -0.4 is 5.43 Å². The molecule has 1 aliphatic heterocycles. The van der Waals surface area contributed by atoms with Gasteiger partial charge < -0.3 is 13.8 Å². The zero-order valence-corrected chi connectivity index (χ0v) is 20.2. The van der Waals surface area contributed by atoms with Crippen LogP contribution in [-0.4, -0.2) is 22.5 Å². The molecule has 0 radical (unpaired) electrons. The maximum Gasteiger partial charge on any atom is 0.254 e. The van der Waals surface area contributed by atoms with Crippen LogP contribution in [-0.2, 0) is 13.0 Å². The fourth-order valence-electron chi connectivity index (χ4n) is 4.60. The molecule has 6 nitrogen and oxygen atoms in total. The van der Waals surface area contributed by atoms with Crippen molar-refractivity contribution in [3.63, 3.8) is 0 Å². The van der Waals surface area contributed by atoms with Crippen LogP contribution in [0.1, 0.15) is 27.2 Å². The highest BCUT2D eigenvalue weighted by Gasteiger charge is 2.28. The molecule has 0 saturated carbocycles. The second-order valence-electron chi connectivity index (χ2n) is 8.97. The number of carbonyl (C=O) groups is 1. The summed E-state index contributed by atoms with van der Waals surface area (Å²) < 4.78 is 11.6. The van der Waals surface area contributed by atoms with E-state index in [0.29, 0.717) is 46.8 Å². The van der Waals surface area contributed by atoms with E-state index in [1.165, 1.54) is 6.07 Å². The number of amides is 1. The summed E-state index contributed by atoms with van der Waals surface area (Å²) in [6.07, 6.45) is 0.655. The fourth-order valence-corrected chi connectivity index (χ4v) is 4.73. The first-order valence-corrected chi connectivity index (χ1v) is 12.0. The molecule has 0 unspecified atom stereocenters. The lowest BCUT2D eigenvalue weighted by atomic mass is 10.00. The Morgan fingerprint density at radius 2 is 1.72 bits per heavy atom. The fraction of sp³-hybridized carbons (Fsp3) is 0.138. The quantitative estimate of drug-likeness (QED) is 0.294. The Morgan fingerprint density at radius 3 is 2.50 bits per heavy atom. The third-order valence-corrected chi connectivity index (χ3v) is 6.79. The lowest BCUT2D eigenvalue weighted by molar-refractivity contribution is 0.0731. The average Bonchev–Trinajstić information content (AvgIpc) is 3.32. The number of aromatic nitrogens is 1. The van der Waals surface area contributed by atoms with E-state index in [1.807, 2.05) is 43.3 Å². The van der Waals surface area contributed by atoms with Crippen molar-refractivity contribution in [3.05, 3.63) is 110 Å². The lowest BCUT2D eigenvalue weighted by Crippen LogP contribution is -2.35. The molecule has 6 rings (SSSR count). The minimum atomic E-state index is -0.0928. The number of rotatable bonds is 3. The highest BCUT2D eigenvalue weighted by Crippen LogP contribution is 2.31. The molecule has 7 heteroatoms. The molecule has 2 aromatic heterocycles. The van der Waals surface area contributed by atoms with Gasteiger partial charge in [0.2, 0.25) is 0 Å². The van der Waals surface area contributed by atoms with Gasteiger partial charge in [-0.1, -0.05) is 40.5 Å². The highest BCUT2D eigenvalue weighted by molar-refractivity contribution is 6.30. The van der Waals surface area contributed by atoms with E-state index in [9.17, 15) is 9.59 Å². The molecule has 36 heavy (non-hydrogen) atoms. The van der Waals surface area contributed by atoms with E-state index in [1.54, 1.807) is 35.2 Å². The van der Waals surface area contributed by atoms with Gasteiger partial charge in [-0.3, -0.25) is 9.59 Å². The molecule has 1 aliphatic rings. The molecule has 0 aliphatic carbocycles. The molecule has 0 N–H and O–H groups in total. The van der Waals surface area contributed by atoms with E-state index in [0.717, 1.165) is 33.7 Å². The van der Waals surface area contributed by atoms with Crippen molar-refractivity contribution in [1.82, 2.24) is 10.1 Å². The van der Waals surface area contributed by atoms with Crippen LogP contribution in [0.2, 0.25) is 5.02 Å². The maximum atomic E-state index is 13.2. The van der Waals surface area contributed by atoms with Gasteiger partial charge in [0.25, 0.3) is 5.91 Å². The first kappa shape index (κ1) is 22.3. The maximum absolute atomic E-state index is 13.2. The molecule has 0 atom stereocenters. The summed E-state index contributed by atoms with van der Waals surface area (Å²) >= 11 is 6.00. The number of fused-ring (bicyclic) bond motifs is 2. The first-order valence-electron chi connectivity index (χ1n) is 11.6. The Kier molecular flexibility index (Phi) is 5.46. The van der Waals surface area contributed by atoms with E-state index in [2.05, 4.69) is 5.16 Å². The molecule has 1 amide bonds. The zero-order chi connectivity index (χ0) is 24.8. The van der Waals surface area contributed by atoms with Gasteiger partial charge >= 0.3 is 0 Å². The second-order valence-corrected chi connectivity index (χ2v) is 9.41. The van der Waals surface area contributed by atoms with Gasteiger partial charge in [-0.2, -0.15) is 0 Å². The van der Waals surface area contributed by atoms with E-state index >= 15 is 0 Å². The number of hydrogen-bond donors (Lipinski definition) is 0. The van der Waals surface area contributed by atoms with Crippen LogP contribution in [0.5, 0.6) is 0 Å². The zero-order valence-electron chi connectivity index (χ0n) is 19.5.